The molecule has 162 valence electrons. The zero-order valence-corrected chi connectivity index (χ0v) is 17.5. The van der Waals surface area contributed by atoms with Crippen molar-refractivity contribution in [2.75, 3.05) is 39.5 Å². The quantitative estimate of drug-likeness (QED) is 0.576. The number of hydrogen-bond donors (Lipinski definition) is 1. The number of carbonyl (C=O) groups is 1. The Bertz CT molecular complexity index is 940. The Morgan fingerprint density at radius 3 is 2.71 bits per heavy atom. The SMILES string of the molecule is O=C(NCc1cccc(OCCN2CCOCC2)c1)C(c1ccccc1)n1cccn1. The Kier molecular flexibility index (Phi) is 7.31. The molecular weight excluding hydrogens is 392 g/mol. The number of aromatic nitrogens is 2. The summed E-state index contributed by atoms with van der Waals surface area (Å²) in [6, 6.07) is 18.8. The van der Waals surface area contributed by atoms with Crippen molar-refractivity contribution in [1.82, 2.24) is 20.0 Å². The van der Waals surface area contributed by atoms with Crippen LogP contribution in [0.5, 0.6) is 5.75 Å². The van der Waals surface area contributed by atoms with E-state index in [0.717, 1.165) is 49.7 Å². The van der Waals surface area contributed by atoms with Crippen LogP contribution in [0.2, 0.25) is 0 Å². The van der Waals surface area contributed by atoms with Gasteiger partial charge in [-0.15, -0.1) is 0 Å². The summed E-state index contributed by atoms with van der Waals surface area (Å²) in [5, 5.41) is 7.32. The molecule has 0 radical (unpaired) electrons. The van der Waals surface area contributed by atoms with Crippen molar-refractivity contribution in [3.8, 4) is 5.75 Å². The van der Waals surface area contributed by atoms with E-state index in [0.29, 0.717) is 13.2 Å². The number of carbonyl (C=O) groups excluding carboxylic acids is 1. The fourth-order valence-corrected chi connectivity index (χ4v) is 3.64. The lowest BCUT2D eigenvalue weighted by Crippen LogP contribution is -2.38. The fourth-order valence-electron chi connectivity index (χ4n) is 3.64. The van der Waals surface area contributed by atoms with E-state index in [2.05, 4.69) is 15.3 Å². The number of amides is 1. The Hall–Kier alpha value is -3.16. The van der Waals surface area contributed by atoms with Crippen LogP contribution in [-0.4, -0.2) is 60.0 Å². The number of rotatable bonds is 9. The van der Waals surface area contributed by atoms with Gasteiger partial charge in [-0.1, -0.05) is 42.5 Å². The highest BCUT2D eigenvalue weighted by Gasteiger charge is 2.22. The first-order chi connectivity index (χ1) is 15.3. The Morgan fingerprint density at radius 2 is 1.94 bits per heavy atom. The average molecular weight is 421 g/mol. The first-order valence-electron chi connectivity index (χ1n) is 10.6. The van der Waals surface area contributed by atoms with E-state index >= 15 is 0 Å². The Balaban J connectivity index is 1.33. The molecule has 7 nitrogen and oxygen atoms in total. The standard InChI is InChI=1S/C24H28N4O3/c29-24(23(28-11-5-10-26-28)21-7-2-1-3-8-21)25-19-20-6-4-9-22(18-20)31-17-14-27-12-15-30-16-13-27/h1-11,18,23H,12-17,19H2,(H,25,29). The summed E-state index contributed by atoms with van der Waals surface area (Å²) >= 11 is 0. The van der Waals surface area contributed by atoms with Gasteiger partial charge < -0.3 is 14.8 Å². The van der Waals surface area contributed by atoms with E-state index in [4.69, 9.17) is 9.47 Å². The third kappa shape index (κ3) is 5.93. The third-order valence-electron chi connectivity index (χ3n) is 5.30. The van der Waals surface area contributed by atoms with Crippen molar-refractivity contribution < 1.29 is 14.3 Å². The van der Waals surface area contributed by atoms with Crippen LogP contribution in [0.4, 0.5) is 0 Å². The minimum absolute atomic E-state index is 0.103. The summed E-state index contributed by atoms with van der Waals surface area (Å²) in [5.74, 6) is 0.709. The van der Waals surface area contributed by atoms with E-state index in [-0.39, 0.29) is 5.91 Å². The number of nitrogens with zero attached hydrogens (tertiary/aromatic N) is 3. The highest BCUT2D eigenvalue weighted by atomic mass is 16.5. The molecule has 1 aliphatic heterocycles. The summed E-state index contributed by atoms with van der Waals surface area (Å²) in [5.41, 5.74) is 1.88. The van der Waals surface area contributed by atoms with E-state index < -0.39 is 6.04 Å². The number of benzene rings is 2. The number of nitrogens with one attached hydrogen (secondary N) is 1. The molecule has 0 spiro atoms. The zero-order valence-electron chi connectivity index (χ0n) is 17.5. The molecule has 1 saturated heterocycles. The van der Waals surface area contributed by atoms with Crippen LogP contribution < -0.4 is 10.1 Å². The summed E-state index contributed by atoms with van der Waals surface area (Å²) in [6.45, 7) is 5.42. The van der Waals surface area contributed by atoms with Gasteiger partial charge in [-0.05, 0) is 29.3 Å². The minimum Gasteiger partial charge on any atom is -0.492 e. The summed E-state index contributed by atoms with van der Waals surface area (Å²) in [7, 11) is 0. The van der Waals surface area contributed by atoms with Crippen molar-refractivity contribution in [2.45, 2.75) is 12.6 Å². The highest BCUT2D eigenvalue weighted by Crippen LogP contribution is 2.18. The molecule has 3 aromatic rings. The average Bonchev–Trinajstić information content (AvgIpc) is 3.34. The van der Waals surface area contributed by atoms with E-state index in [1.807, 2.05) is 60.7 Å². The topological polar surface area (TPSA) is 68.6 Å². The van der Waals surface area contributed by atoms with Crippen LogP contribution in [0.25, 0.3) is 0 Å². The maximum absolute atomic E-state index is 13.0. The number of ether oxygens (including phenoxy) is 2. The number of morpholine rings is 1. The second kappa shape index (κ2) is 10.7. The monoisotopic (exact) mass is 420 g/mol. The van der Waals surface area contributed by atoms with Crippen molar-refractivity contribution in [1.29, 1.82) is 0 Å². The third-order valence-corrected chi connectivity index (χ3v) is 5.30. The maximum Gasteiger partial charge on any atom is 0.249 e. The molecule has 1 unspecified atom stereocenters. The number of hydrogen-bond acceptors (Lipinski definition) is 5. The largest absolute Gasteiger partial charge is 0.492 e. The molecule has 1 amide bonds. The van der Waals surface area contributed by atoms with Crippen LogP contribution in [-0.2, 0) is 16.1 Å². The van der Waals surface area contributed by atoms with Gasteiger partial charge in [0.2, 0.25) is 5.91 Å². The molecule has 2 heterocycles. The molecule has 1 fully saturated rings. The molecular formula is C24H28N4O3. The van der Waals surface area contributed by atoms with Crippen molar-refractivity contribution >= 4 is 5.91 Å². The summed E-state index contributed by atoms with van der Waals surface area (Å²) in [4.78, 5) is 15.4. The van der Waals surface area contributed by atoms with E-state index in [9.17, 15) is 4.79 Å². The molecule has 1 atom stereocenters. The first kappa shape index (κ1) is 21.1. The molecule has 0 saturated carbocycles. The molecule has 0 bridgehead atoms. The molecule has 31 heavy (non-hydrogen) atoms. The summed E-state index contributed by atoms with van der Waals surface area (Å²) < 4.78 is 13.0. The molecule has 2 aromatic carbocycles. The lowest BCUT2D eigenvalue weighted by Gasteiger charge is -2.26. The van der Waals surface area contributed by atoms with Gasteiger partial charge >= 0.3 is 0 Å². The van der Waals surface area contributed by atoms with Crippen molar-refractivity contribution in [3.05, 3.63) is 84.2 Å². The van der Waals surface area contributed by atoms with Crippen LogP contribution in [0, 0.1) is 0 Å². The Labute approximate surface area is 182 Å². The lowest BCUT2D eigenvalue weighted by atomic mass is 10.1. The molecule has 1 aliphatic rings. The molecule has 0 aliphatic carbocycles. The zero-order chi connectivity index (χ0) is 21.3. The smallest absolute Gasteiger partial charge is 0.249 e. The van der Waals surface area contributed by atoms with E-state index in [1.165, 1.54) is 0 Å². The minimum atomic E-state index is -0.510. The molecule has 1 aromatic heterocycles. The van der Waals surface area contributed by atoms with Gasteiger partial charge in [-0.25, -0.2) is 0 Å². The van der Waals surface area contributed by atoms with Gasteiger partial charge in [-0.2, -0.15) is 5.10 Å². The lowest BCUT2D eigenvalue weighted by molar-refractivity contribution is -0.123. The van der Waals surface area contributed by atoms with Gasteiger partial charge in [-0.3, -0.25) is 14.4 Å². The maximum atomic E-state index is 13.0. The predicted octanol–water partition coefficient (Wildman–Crippen LogP) is 2.50. The van der Waals surface area contributed by atoms with Crippen LogP contribution in [0.3, 0.4) is 0 Å². The predicted molar refractivity (Wildman–Crippen MR) is 118 cm³/mol. The van der Waals surface area contributed by atoms with Crippen LogP contribution >= 0.6 is 0 Å². The second-order valence-electron chi connectivity index (χ2n) is 7.47. The second-order valence-corrected chi connectivity index (χ2v) is 7.47. The highest BCUT2D eigenvalue weighted by molar-refractivity contribution is 5.83. The first-order valence-corrected chi connectivity index (χ1v) is 10.6. The van der Waals surface area contributed by atoms with Crippen LogP contribution in [0.15, 0.2) is 73.1 Å². The van der Waals surface area contributed by atoms with Gasteiger partial charge in [0, 0.05) is 38.6 Å². The van der Waals surface area contributed by atoms with Gasteiger partial charge in [0.15, 0.2) is 6.04 Å². The van der Waals surface area contributed by atoms with Crippen molar-refractivity contribution in [3.63, 3.8) is 0 Å². The van der Waals surface area contributed by atoms with Crippen molar-refractivity contribution in [2.24, 2.45) is 0 Å². The Morgan fingerprint density at radius 1 is 1.10 bits per heavy atom. The van der Waals surface area contributed by atoms with Gasteiger partial charge in [0.05, 0.1) is 13.2 Å². The molecule has 1 N–H and O–H groups in total. The van der Waals surface area contributed by atoms with Crippen LogP contribution in [0.1, 0.15) is 17.2 Å². The molecule has 4 rings (SSSR count). The molecule has 7 heteroatoms. The van der Waals surface area contributed by atoms with E-state index in [1.54, 1.807) is 17.1 Å². The normalized spacial score (nSPS) is 15.4. The van der Waals surface area contributed by atoms with Gasteiger partial charge in [0.1, 0.15) is 12.4 Å². The summed E-state index contributed by atoms with van der Waals surface area (Å²) in [6.07, 6.45) is 3.49. The van der Waals surface area contributed by atoms with Gasteiger partial charge in [0.25, 0.3) is 0 Å². The fraction of sp³-hybridized carbons (Fsp3) is 0.333.